The van der Waals surface area contributed by atoms with Crippen LogP contribution in [0.5, 0.6) is 0 Å². The first-order valence-electron chi connectivity index (χ1n) is 14.5. The van der Waals surface area contributed by atoms with Gasteiger partial charge in [-0.15, -0.1) is 0 Å². The molecule has 5 saturated carbocycles. The fraction of sp³-hybridized carbons (Fsp3) is 1.00. The lowest BCUT2D eigenvalue weighted by Crippen LogP contribution is -2.67. The Hall–Kier alpha value is -0.160. The summed E-state index contributed by atoms with van der Waals surface area (Å²) in [5.41, 5.74) is 0.526. The van der Waals surface area contributed by atoms with Crippen LogP contribution in [0.25, 0.3) is 0 Å². The zero-order chi connectivity index (χ0) is 24.4. The number of ether oxygens (including phenoxy) is 1. The van der Waals surface area contributed by atoms with Crippen LogP contribution in [0.2, 0.25) is 0 Å². The van der Waals surface area contributed by atoms with Crippen molar-refractivity contribution in [2.24, 2.45) is 56.7 Å². The monoisotopic (exact) mass is 474 g/mol. The van der Waals surface area contributed by atoms with Crippen molar-refractivity contribution in [3.05, 3.63) is 0 Å². The summed E-state index contributed by atoms with van der Waals surface area (Å²) >= 11 is 0. The van der Waals surface area contributed by atoms with Crippen LogP contribution >= 0.6 is 0 Å². The number of hydrogen-bond donors (Lipinski definition) is 3. The van der Waals surface area contributed by atoms with Crippen LogP contribution in [0.15, 0.2) is 0 Å². The average molecular weight is 475 g/mol. The maximum absolute atomic E-state index is 11.0. The van der Waals surface area contributed by atoms with Gasteiger partial charge < -0.3 is 20.1 Å². The van der Waals surface area contributed by atoms with Gasteiger partial charge in [-0.05, 0) is 122 Å². The molecular formula is C30H50O4. The summed E-state index contributed by atoms with van der Waals surface area (Å²) in [5, 5.41) is 32.1. The molecule has 0 bridgehead atoms. The largest absolute Gasteiger partial charge is 0.396 e. The molecule has 34 heavy (non-hydrogen) atoms. The van der Waals surface area contributed by atoms with Crippen LogP contribution in [0.4, 0.5) is 0 Å². The van der Waals surface area contributed by atoms with E-state index in [1.54, 1.807) is 0 Å². The second kappa shape index (κ2) is 7.23. The standard InChI is InChI=1S/C30H50O4/c1-25-11-10-23(33)26(2,16-31)21(25)9-12-28(4)22(25)7-6-19-24-20(29(5)18-34-29)8-13-30(24,17-32)15-14-27(19,28)3/h19-24,31-33H,6-18H2,1-5H3/t19?,20?,21?,22?,23-,24?,25-,26-,27+,28+,29+,30+/m0/s1. The Kier molecular flexibility index (Phi) is 5.15. The van der Waals surface area contributed by atoms with Crippen molar-refractivity contribution in [2.75, 3.05) is 19.8 Å². The van der Waals surface area contributed by atoms with Gasteiger partial charge in [0.05, 0.1) is 24.9 Å². The summed E-state index contributed by atoms with van der Waals surface area (Å²) in [6.07, 6.45) is 11.2. The Balaban J connectivity index is 1.39. The van der Waals surface area contributed by atoms with Crippen molar-refractivity contribution in [1.29, 1.82) is 0 Å². The van der Waals surface area contributed by atoms with E-state index in [1.807, 2.05) is 0 Å². The molecule has 0 spiro atoms. The van der Waals surface area contributed by atoms with Crippen molar-refractivity contribution >= 4 is 0 Å². The Morgan fingerprint density at radius 3 is 2.09 bits per heavy atom. The molecule has 0 aromatic carbocycles. The zero-order valence-corrected chi connectivity index (χ0v) is 22.4. The topological polar surface area (TPSA) is 73.2 Å². The molecule has 1 heterocycles. The second-order valence-electron chi connectivity index (χ2n) is 15.2. The number of aliphatic hydroxyl groups excluding tert-OH is 3. The van der Waals surface area contributed by atoms with E-state index in [0.29, 0.717) is 36.2 Å². The highest BCUT2D eigenvalue weighted by molar-refractivity contribution is 5.21. The Morgan fingerprint density at radius 2 is 1.44 bits per heavy atom. The van der Waals surface area contributed by atoms with Crippen LogP contribution in [0.1, 0.15) is 98.8 Å². The summed E-state index contributed by atoms with van der Waals surface area (Å²) < 4.78 is 6.07. The van der Waals surface area contributed by atoms with E-state index in [4.69, 9.17) is 4.74 Å². The predicted octanol–water partition coefficient (Wildman–Crippen LogP) is 5.18. The highest BCUT2D eigenvalue weighted by Crippen LogP contribution is 2.78. The predicted molar refractivity (Wildman–Crippen MR) is 133 cm³/mol. The molecule has 1 aliphatic heterocycles. The van der Waals surface area contributed by atoms with Gasteiger partial charge in [0.2, 0.25) is 0 Å². The van der Waals surface area contributed by atoms with Crippen molar-refractivity contribution in [2.45, 2.75) is 111 Å². The highest BCUT2D eigenvalue weighted by atomic mass is 16.6. The van der Waals surface area contributed by atoms with E-state index < -0.39 is 0 Å². The first-order valence-corrected chi connectivity index (χ1v) is 14.5. The van der Waals surface area contributed by atoms with E-state index in [2.05, 4.69) is 34.6 Å². The molecule has 3 N–H and O–H groups in total. The molecule has 4 heteroatoms. The van der Waals surface area contributed by atoms with Gasteiger partial charge in [-0.25, -0.2) is 0 Å². The molecule has 0 radical (unpaired) electrons. The molecule has 5 unspecified atom stereocenters. The summed E-state index contributed by atoms with van der Waals surface area (Å²) in [6, 6.07) is 0. The van der Waals surface area contributed by atoms with Crippen LogP contribution in [0, 0.1) is 56.7 Å². The van der Waals surface area contributed by atoms with Gasteiger partial charge in [0.1, 0.15) is 0 Å². The van der Waals surface area contributed by atoms with E-state index >= 15 is 0 Å². The van der Waals surface area contributed by atoms with E-state index in [1.165, 1.54) is 44.9 Å². The van der Waals surface area contributed by atoms with E-state index in [-0.39, 0.29) is 45.4 Å². The number of rotatable bonds is 3. The van der Waals surface area contributed by atoms with Gasteiger partial charge in [-0.1, -0.05) is 27.7 Å². The first-order chi connectivity index (χ1) is 15.9. The third-order valence-electron chi connectivity index (χ3n) is 14.4. The molecule has 1 saturated heterocycles. The van der Waals surface area contributed by atoms with E-state index in [9.17, 15) is 15.3 Å². The first kappa shape index (κ1) is 24.2. The smallest absolute Gasteiger partial charge is 0.0919 e. The molecule has 0 amide bonds. The number of hydrogen-bond acceptors (Lipinski definition) is 4. The summed E-state index contributed by atoms with van der Waals surface area (Å²) in [6.45, 7) is 13.6. The average Bonchev–Trinajstić information content (AvgIpc) is 3.43. The van der Waals surface area contributed by atoms with Crippen LogP contribution in [-0.4, -0.2) is 46.8 Å². The minimum Gasteiger partial charge on any atom is -0.396 e. The van der Waals surface area contributed by atoms with Crippen molar-refractivity contribution in [1.82, 2.24) is 0 Å². The Morgan fingerprint density at radius 1 is 0.706 bits per heavy atom. The molecule has 6 aliphatic rings. The van der Waals surface area contributed by atoms with Crippen molar-refractivity contribution < 1.29 is 20.1 Å². The third-order valence-corrected chi connectivity index (χ3v) is 14.4. The van der Waals surface area contributed by atoms with Gasteiger partial charge in [-0.2, -0.15) is 0 Å². The maximum atomic E-state index is 11.0. The molecule has 4 nitrogen and oxygen atoms in total. The molecule has 12 atom stereocenters. The minimum atomic E-state index is -0.384. The SMILES string of the molecule is C[C@]12CC[C@H](O)[C@@](C)(CO)C1CC[C@]1(C)C2CCC2C3C([C@@]4(C)CO4)CC[C@]3(CO)CC[C@]21C. The molecule has 0 aromatic rings. The van der Waals surface area contributed by atoms with Crippen LogP contribution in [0.3, 0.4) is 0 Å². The molecular weight excluding hydrogens is 424 g/mol. The third kappa shape index (κ3) is 2.70. The van der Waals surface area contributed by atoms with Gasteiger partial charge >= 0.3 is 0 Å². The summed E-state index contributed by atoms with van der Waals surface area (Å²) in [5.74, 6) is 2.89. The summed E-state index contributed by atoms with van der Waals surface area (Å²) in [4.78, 5) is 0. The van der Waals surface area contributed by atoms with Crippen LogP contribution in [-0.2, 0) is 4.74 Å². The van der Waals surface area contributed by atoms with Gasteiger partial charge in [-0.3, -0.25) is 0 Å². The lowest BCUT2D eigenvalue weighted by atomic mass is 9.32. The van der Waals surface area contributed by atoms with Gasteiger partial charge in [0, 0.05) is 12.0 Å². The van der Waals surface area contributed by atoms with Gasteiger partial charge in [0.15, 0.2) is 0 Å². The number of epoxide rings is 1. The maximum Gasteiger partial charge on any atom is 0.0919 e. The van der Waals surface area contributed by atoms with Crippen LogP contribution < -0.4 is 0 Å². The van der Waals surface area contributed by atoms with Gasteiger partial charge in [0.25, 0.3) is 0 Å². The number of aliphatic hydroxyl groups is 3. The fourth-order valence-electron chi connectivity index (χ4n) is 12.0. The summed E-state index contributed by atoms with van der Waals surface area (Å²) in [7, 11) is 0. The fourth-order valence-corrected chi connectivity index (χ4v) is 12.0. The normalized spacial score (nSPS) is 62.8. The second-order valence-corrected chi connectivity index (χ2v) is 15.2. The minimum absolute atomic E-state index is 0.0453. The van der Waals surface area contributed by atoms with Crippen molar-refractivity contribution in [3.63, 3.8) is 0 Å². The van der Waals surface area contributed by atoms with E-state index in [0.717, 1.165) is 25.9 Å². The quantitative estimate of drug-likeness (QED) is 0.493. The molecule has 6 rings (SSSR count). The molecule has 0 aromatic heterocycles. The molecule has 6 fully saturated rings. The molecule has 5 aliphatic carbocycles. The Bertz CT molecular complexity index is 840. The lowest BCUT2D eigenvalue weighted by Gasteiger charge is -2.73. The highest BCUT2D eigenvalue weighted by Gasteiger charge is 2.72. The molecule has 194 valence electrons. The van der Waals surface area contributed by atoms with Crippen molar-refractivity contribution in [3.8, 4) is 0 Å². The Labute approximate surface area is 207 Å². The zero-order valence-electron chi connectivity index (χ0n) is 22.4. The lowest BCUT2D eigenvalue weighted by molar-refractivity contribution is -0.257. The number of fused-ring (bicyclic) bond motifs is 7.